The fourth-order valence-corrected chi connectivity index (χ4v) is 2.15. The number of halogens is 1. The molecule has 1 heterocycles. The Morgan fingerprint density at radius 1 is 0.840 bits per heavy atom. The molecule has 0 aliphatic heterocycles. The molecule has 0 aliphatic carbocycles. The van der Waals surface area contributed by atoms with Gasteiger partial charge in [-0.05, 0) is 30.3 Å². The Morgan fingerprint density at radius 2 is 1.44 bits per heavy atom. The second-order valence-corrected chi connectivity index (χ2v) is 5.54. The molecule has 0 aliphatic rings. The number of hydrogen-bond acceptors (Lipinski definition) is 6. The Bertz CT molecular complexity index is 823. The van der Waals surface area contributed by atoms with Crippen LogP contribution in [0.15, 0.2) is 59.0 Å². The molecule has 0 saturated heterocycles. The summed E-state index contributed by atoms with van der Waals surface area (Å²) in [6.45, 7) is 0. The first-order chi connectivity index (χ1) is 11.8. The first-order valence-corrected chi connectivity index (χ1v) is 8.21. The molecule has 3 aromatic rings. The van der Waals surface area contributed by atoms with Gasteiger partial charge in [0.15, 0.2) is 0 Å². The molecule has 25 heavy (non-hydrogen) atoms. The third-order valence-corrected chi connectivity index (χ3v) is 3.21. The van der Waals surface area contributed by atoms with Crippen LogP contribution in [0.3, 0.4) is 0 Å². The lowest BCUT2D eigenvalue weighted by Gasteiger charge is -2.17. The average molecular weight is 367 g/mol. The smallest absolute Gasteiger partial charge is 0.402 e. The molecule has 0 fully saturated rings. The third kappa shape index (κ3) is 5.56. The van der Waals surface area contributed by atoms with Crippen molar-refractivity contribution in [2.24, 2.45) is 0 Å². The second kappa shape index (κ2) is 8.11. The second-order valence-electron chi connectivity index (χ2n) is 4.79. The number of benzene rings is 2. The normalized spacial score (nSPS) is 10.8. The average Bonchev–Trinajstić information content (AvgIpc) is 2.59. The highest BCUT2D eigenvalue weighted by molar-refractivity contribution is 5.82. The first kappa shape index (κ1) is 18.9. The molecule has 3 rings (SSSR count). The van der Waals surface area contributed by atoms with Crippen LogP contribution in [0.1, 0.15) is 0 Å². The molecule has 0 unspecified atom stereocenters. The minimum Gasteiger partial charge on any atom is -0.497 e. The standard InChI is InChI=1S/C17H15O3.ClHO4/c1-18-14-9-7-12(8-10-14)17-16(19-2)11-13-5-3-4-6-15(13)20-17;2-1(3,4)5/h3-11H,1-2H3;(H,2,3,4,5)/q+1;/p-1. The van der Waals surface area contributed by atoms with Crippen LogP contribution in [0, 0.1) is 10.2 Å². The van der Waals surface area contributed by atoms with Crippen molar-refractivity contribution < 1.29 is 42.8 Å². The van der Waals surface area contributed by atoms with Crippen molar-refractivity contribution in [1.82, 2.24) is 0 Å². The highest BCUT2D eigenvalue weighted by Crippen LogP contribution is 2.34. The SMILES string of the molecule is COc1ccc(-c2[o+]c3ccccc3cc2OC)cc1.[O-][Cl+3]([O-])([O-])[O-]. The van der Waals surface area contributed by atoms with Crippen LogP contribution in [0.4, 0.5) is 0 Å². The first-order valence-electron chi connectivity index (χ1n) is 6.98. The summed E-state index contributed by atoms with van der Waals surface area (Å²) in [5, 5.41) is 1.02. The monoisotopic (exact) mass is 366 g/mol. The highest BCUT2D eigenvalue weighted by Gasteiger charge is 2.22. The maximum atomic E-state index is 8.49. The largest absolute Gasteiger partial charge is 0.497 e. The van der Waals surface area contributed by atoms with Crippen molar-refractivity contribution in [3.05, 3.63) is 54.6 Å². The van der Waals surface area contributed by atoms with Crippen LogP contribution in [-0.4, -0.2) is 14.2 Å². The van der Waals surface area contributed by atoms with E-state index in [1.807, 2.05) is 54.6 Å². The van der Waals surface area contributed by atoms with Crippen molar-refractivity contribution in [2.75, 3.05) is 14.2 Å². The number of para-hydroxylation sites is 1. The fourth-order valence-electron chi connectivity index (χ4n) is 2.15. The lowest BCUT2D eigenvalue weighted by molar-refractivity contribution is -2.00. The van der Waals surface area contributed by atoms with Gasteiger partial charge in [-0.3, -0.25) is 0 Å². The molecule has 0 saturated carbocycles. The van der Waals surface area contributed by atoms with Crippen molar-refractivity contribution in [3.63, 3.8) is 0 Å². The van der Waals surface area contributed by atoms with E-state index < -0.39 is 10.2 Å². The van der Waals surface area contributed by atoms with E-state index in [9.17, 15) is 0 Å². The van der Waals surface area contributed by atoms with E-state index in [0.29, 0.717) is 11.5 Å². The van der Waals surface area contributed by atoms with E-state index in [2.05, 4.69) is 0 Å². The molecular formula is C17H15ClO7. The van der Waals surface area contributed by atoms with E-state index in [1.165, 1.54) is 0 Å². The molecule has 8 heteroatoms. The Kier molecular flexibility index (Phi) is 6.13. The summed E-state index contributed by atoms with van der Waals surface area (Å²) in [6, 6.07) is 17.6. The summed E-state index contributed by atoms with van der Waals surface area (Å²) in [4.78, 5) is 0. The fraction of sp³-hybridized carbons (Fsp3) is 0.118. The quantitative estimate of drug-likeness (QED) is 0.580. The van der Waals surface area contributed by atoms with Crippen LogP contribution < -0.4 is 28.1 Å². The number of ether oxygens (including phenoxy) is 2. The molecule has 0 N–H and O–H groups in total. The molecule has 0 atom stereocenters. The van der Waals surface area contributed by atoms with Gasteiger partial charge in [0, 0.05) is 12.1 Å². The van der Waals surface area contributed by atoms with Crippen LogP contribution in [0.25, 0.3) is 22.3 Å². The van der Waals surface area contributed by atoms with Crippen molar-refractivity contribution in [3.8, 4) is 22.8 Å². The zero-order valence-electron chi connectivity index (χ0n) is 13.4. The number of hydrogen-bond donors (Lipinski definition) is 0. The molecular weight excluding hydrogens is 352 g/mol. The Morgan fingerprint density at radius 3 is 2.00 bits per heavy atom. The lowest BCUT2D eigenvalue weighted by atomic mass is 10.1. The van der Waals surface area contributed by atoms with Gasteiger partial charge in [0.25, 0.3) is 0 Å². The molecule has 2 aromatic carbocycles. The summed E-state index contributed by atoms with van der Waals surface area (Å²) in [7, 11) is -1.65. The molecule has 0 spiro atoms. The summed E-state index contributed by atoms with van der Waals surface area (Å²) >= 11 is 0. The van der Waals surface area contributed by atoms with E-state index in [4.69, 9.17) is 32.5 Å². The van der Waals surface area contributed by atoms with Gasteiger partial charge in [0.1, 0.15) is 5.75 Å². The molecule has 0 bridgehead atoms. The van der Waals surface area contributed by atoms with Gasteiger partial charge in [-0.15, -0.1) is 10.2 Å². The van der Waals surface area contributed by atoms with Crippen LogP contribution >= 0.6 is 0 Å². The highest BCUT2D eigenvalue weighted by atomic mass is 35.7. The maximum absolute atomic E-state index is 8.49. The summed E-state index contributed by atoms with van der Waals surface area (Å²) < 4.78 is 50.6. The summed E-state index contributed by atoms with van der Waals surface area (Å²) in [6.07, 6.45) is 0. The molecule has 1 aromatic heterocycles. The van der Waals surface area contributed by atoms with Gasteiger partial charge >= 0.3 is 11.3 Å². The minimum absolute atomic E-state index is 0.717. The van der Waals surface area contributed by atoms with Gasteiger partial charge in [-0.2, -0.15) is 0 Å². The van der Waals surface area contributed by atoms with Crippen molar-refractivity contribution in [2.45, 2.75) is 0 Å². The van der Waals surface area contributed by atoms with Crippen LogP contribution in [0.5, 0.6) is 11.5 Å². The Balaban J connectivity index is 0.000000399. The minimum atomic E-state index is -4.94. The number of methoxy groups -OCH3 is 2. The van der Waals surface area contributed by atoms with Gasteiger partial charge < -0.3 is 9.47 Å². The van der Waals surface area contributed by atoms with E-state index >= 15 is 0 Å². The van der Waals surface area contributed by atoms with Crippen molar-refractivity contribution >= 4 is 11.0 Å². The molecule has 0 radical (unpaired) electrons. The zero-order chi connectivity index (χ0) is 18.4. The summed E-state index contributed by atoms with van der Waals surface area (Å²) in [5.41, 5.74) is 1.78. The number of fused-ring (bicyclic) bond motifs is 1. The van der Waals surface area contributed by atoms with Crippen LogP contribution in [0.2, 0.25) is 0 Å². The molecule has 132 valence electrons. The Hall–Kier alpha value is -2.42. The van der Waals surface area contributed by atoms with Gasteiger partial charge in [0.2, 0.25) is 5.75 Å². The number of rotatable bonds is 3. The molecule has 0 amide bonds. The topological polar surface area (TPSA) is 122 Å². The molecule has 7 nitrogen and oxygen atoms in total. The Labute approximate surface area is 146 Å². The third-order valence-electron chi connectivity index (χ3n) is 3.21. The lowest BCUT2D eigenvalue weighted by Crippen LogP contribution is -2.68. The van der Waals surface area contributed by atoms with E-state index in [-0.39, 0.29) is 0 Å². The van der Waals surface area contributed by atoms with Gasteiger partial charge in [-0.1, -0.05) is 12.1 Å². The van der Waals surface area contributed by atoms with E-state index in [1.54, 1.807) is 14.2 Å². The maximum Gasteiger partial charge on any atom is 0.402 e. The zero-order valence-corrected chi connectivity index (χ0v) is 14.2. The van der Waals surface area contributed by atoms with Gasteiger partial charge in [-0.25, -0.2) is 23.1 Å². The van der Waals surface area contributed by atoms with E-state index in [0.717, 1.165) is 22.3 Å². The van der Waals surface area contributed by atoms with Crippen LogP contribution in [-0.2, 0) is 0 Å². The van der Waals surface area contributed by atoms with Gasteiger partial charge in [0.05, 0.1) is 25.2 Å². The summed E-state index contributed by atoms with van der Waals surface area (Å²) in [5.74, 6) is 2.25. The predicted octanol–water partition coefficient (Wildman–Crippen LogP) is -0.358. The predicted molar refractivity (Wildman–Crippen MR) is 79.2 cm³/mol. The van der Waals surface area contributed by atoms with Crippen molar-refractivity contribution in [1.29, 1.82) is 0 Å².